The number of nitrogens with zero attached hydrogens (tertiary/aromatic N) is 3. The van der Waals surface area contributed by atoms with Gasteiger partial charge in [-0.1, -0.05) is 31.5 Å². The third kappa shape index (κ3) is 4.81. The monoisotopic (exact) mass is 394 g/mol. The number of unbranched alkanes of at least 4 members (excludes halogenated alkanes) is 1. The minimum Gasteiger partial charge on any atom is -0.480 e. The zero-order chi connectivity index (χ0) is 20.8. The van der Waals surface area contributed by atoms with Crippen molar-refractivity contribution >= 4 is 28.3 Å². The number of carbonyl (C=O) groups excluding carboxylic acids is 1. The van der Waals surface area contributed by atoms with Crippen LogP contribution in [0, 0.1) is 6.92 Å². The summed E-state index contributed by atoms with van der Waals surface area (Å²) in [4.78, 5) is 23.0. The van der Waals surface area contributed by atoms with E-state index in [0.717, 1.165) is 35.2 Å². The number of fused-ring (bicyclic) bond motifs is 1. The van der Waals surface area contributed by atoms with E-state index in [2.05, 4.69) is 9.97 Å². The Hall–Kier alpha value is -3.19. The molecule has 0 aliphatic heterocycles. The Kier molecular flexibility index (Phi) is 6.61. The molecule has 152 valence electrons. The third-order valence-corrected chi connectivity index (χ3v) is 4.72. The predicted octanol–water partition coefficient (Wildman–Crippen LogP) is 4.15. The van der Waals surface area contributed by atoms with Crippen LogP contribution in [0.3, 0.4) is 0 Å². The van der Waals surface area contributed by atoms with E-state index in [9.17, 15) is 4.79 Å². The van der Waals surface area contributed by atoms with Crippen LogP contribution in [0.25, 0.3) is 10.9 Å². The smallest absolute Gasteiger partial charge is 0.284 e. The van der Waals surface area contributed by atoms with E-state index in [1.807, 2.05) is 68.3 Å². The summed E-state index contributed by atoms with van der Waals surface area (Å²) in [5.74, 6) is 1.49. The average molecular weight is 394 g/mol. The number of carbonyl (C=O) groups is 1. The van der Waals surface area contributed by atoms with E-state index in [-0.39, 0.29) is 0 Å². The predicted molar refractivity (Wildman–Crippen MR) is 113 cm³/mol. The number of ether oxygens (including phenoxy) is 1. The van der Waals surface area contributed by atoms with Gasteiger partial charge in [0.1, 0.15) is 17.4 Å². The quantitative estimate of drug-likeness (QED) is 0.441. The van der Waals surface area contributed by atoms with Crippen molar-refractivity contribution in [2.45, 2.75) is 39.2 Å². The van der Waals surface area contributed by atoms with Crippen LogP contribution < -0.4 is 15.1 Å². The highest BCUT2D eigenvalue weighted by Crippen LogP contribution is 2.31. The van der Waals surface area contributed by atoms with Gasteiger partial charge in [0.25, 0.3) is 5.91 Å². The van der Waals surface area contributed by atoms with Gasteiger partial charge in [-0.3, -0.25) is 10.0 Å². The number of amides is 1. The highest BCUT2D eigenvalue weighted by atomic mass is 16.5. The first-order valence-electron chi connectivity index (χ1n) is 9.71. The molecule has 0 bridgehead atoms. The normalized spacial score (nSPS) is 11.9. The number of para-hydroxylation sites is 1. The third-order valence-electron chi connectivity index (χ3n) is 4.72. The van der Waals surface area contributed by atoms with E-state index in [4.69, 9.17) is 9.94 Å². The molecule has 3 rings (SSSR count). The van der Waals surface area contributed by atoms with Gasteiger partial charge in [0, 0.05) is 24.2 Å². The number of aromatic nitrogens is 2. The van der Waals surface area contributed by atoms with Crippen LogP contribution in [0.5, 0.6) is 5.75 Å². The topological polar surface area (TPSA) is 87.6 Å². The summed E-state index contributed by atoms with van der Waals surface area (Å²) >= 11 is 0. The first kappa shape index (κ1) is 20.5. The van der Waals surface area contributed by atoms with Crippen molar-refractivity contribution in [3.63, 3.8) is 0 Å². The van der Waals surface area contributed by atoms with Crippen LogP contribution in [-0.4, -0.2) is 34.2 Å². The molecule has 7 nitrogen and oxygen atoms in total. The van der Waals surface area contributed by atoms with Crippen molar-refractivity contribution in [2.75, 3.05) is 11.9 Å². The van der Waals surface area contributed by atoms with Gasteiger partial charge in [-0.15, -0.1) is 0 Å². The molecule has 0 saturated carbocycles. The number of aryl methyl sites for hydroxylation is 1. The van der Waals surface area contributed by atoms with Gasteiger partial charge in [0.2, 0.25) is 0 Å². The Labute approximate surface area is 170 Å². The van der Waals surface area contributed by atoms with Crippen LogP contribution >= 0.6 is 0 Å². The molecule has 0 spiro atoms. The number of hydroxylamine groups is 1. The van der Waals surface area contributed by atoms with Crippen LogP contribution in [-0.2, 0) is 4.79 Å². The van der Waals surface area contributed by atoms with Gasteiger partial charge >= 0.3 is 0 Å². The molecular formula is C22H26N4O3. The summed E-state index contributed by atoms with van der Waals surface area (Å²) in [6, 6.07) is 15.3. The van der Waals surface area contributed by atoms with E-state index in [0.29, 0.717) is 18.0 Å². The molecule has 29 heavy (non-hydrogen) atoms. The standard InChI is InChI=1S/C22H26N4O3/c1-4-5-13-20(22(27)25-28)29-17-10-8-9-16(14-17)26(3)21-18-11-6-7-12-19(18)23-15(2)24-21/h6-12,14,20,28H,4-5,13H2,1-3H3,(H,25,27). The van der Waals surface area contributed by atoms with Crippen molar-refractivity contribution in [3.05, 3.63) is 54.4 Å². The van der Waals surface area contributed by atoms with Crippen LogP contribution in [0.2, 0.25) is 0 Å². The highest BCUT2D eigenvalue weighted by Gasteiger charge is 2.20. The number of hydrogen-bond donors (Lipinski definition) is 2. The minimum atomic E-state index is -0.748. The van der Waals surface area contributed by atoms with Crippen LogP contribution in [0.4, 0.5) is 11.5 Å². The summed E-state index contributed by atoms with van der Waals surface area (Å²) in [6.45, 7) is 3.91. The molecule has 3 aromatic rings. The molecule has 0 fully saturated rings. The van der Waals surface area contributed by atoms with Crippen molar-refractivity contribution in [1.82, 2.24) is 15.4 Å². The molecule has 0 radical (unpaired) electrons. The lowest BCUT2D eigenvalue weighted by atomic mass is 10.1. The fourth-order valence-electron chi connectivity index (χ4n) is 3.19. The molecule has 1 unspecified atom stereocenters. The van der Waals surface area contributed by atoms with Gasteiger partial charge in [-0.25, -0.2) is 15.4 Å². The van der Waals surface area contributed by atoms with E-state index >= 15 is 0 Å². The maximum Gasteiger partial charge on any atom is 0.284 e. The van der Waals surface area contributed by atoms with Gasteiger partial charge in [-0.05, 0) is 44.0 Å². The first-order valence-corrected chi connectivity index (χ1v) is 9.71. The van der Waals surface area contributed by atoms with Gasteiger partial charge in [0.15, 0.2) is 6.10 Å². The fourth-order valence-corrected chi connectivity index (χ4v) is 3.19. The number of anilines is 2. The van der Waals surface area contributed by atoms with Crippen molar-refractivity contribution < 1.29 is 14.7 Å². The molecule has 1 atom stereocenters. The fraction of sp³-hybridized carbons (Fsp3) is 0.318. The Bertz CT molecular complexity index is 993. The van der Waals surface area contributed by atoms with Crippen LogP contribution in [0.15, 0.2) is 48.5 Å². The van der Waals surface area contributed by atoms with Crippen molar-refractivity contribution in [3.8, 4) is 5.75 Å². The van der Waals surface area contributed by atoms with E-state index < -0.39 is 12.0 Å². The van der Waals surface area contributed by atoms with Crippen molar-refractivity contribution in [1.29, 1.82) is 0 Å². The molecule has 0 saturated heterocycles. The van der Waals surface area contributed by atoms with Crippen molar-refractivity contribution in [2.24, 2.45) is 0 Å². The lowest BCUT2D eigenvalue weighted by molar-refractivity contribution is -0.136. The summed E-state index contributed by atoms with van der Waals surface area (Å²) in [5, 5.41) is 9.95. The first-order chi connectivity index (χ1) is 14.0. The molecule has 2 aromatic carbocycles. The van der Waals surface area contributed by atoms with E-state index in [1.165, 1.54) is 0 Å². The molecule has 0 aliphatic rings. The summed E-state index contributed by atoms with van der Waals surface area (Å²) in [6.07, 6.45) is 1.53. The molecule has 1 amide bonds. The lowest BCUT2D eigenvalue weighted by Crippen LogP contribution is -2.36. The number of benzene rings is 2. The van der Waals surface area contributed by atoms with Crippen LogP contribution in [0.1, 0.15) is 32.0 Å². The lowest BCUT2D eigenvalue weighted by Gasteiger charge is -2.22. The maximum absolute atomic E-state index is 11.9. The molecule has 2 N–H and O–H groups in total. The average Bonchev–Trinajstić information content (AvgIpc) is 2.75. The number of nitrogens with one attached hydrogen (secondary N) is 1. The Morgan fingerprint density at radius 2 is 2.00 bits per heavy atom. The zero-order valence-electron chi connectivity index (χ0n) is 16.9. The van der Waals surface area contributed by atoms with Gasteiger partial charge < -0.3 is 9.64 Å². The Balaban J connectivity index is 1.90. The Morgan fingerprint density at radius 3 is 2.76 bits per heavy atom. The molecule has 0 aliphatic carbocycles. The maximum atomic E-state index is 11.9. The minimum absolute atomic E-state index is 0.526. The summed E-state index contributed by atoms with van der Waals surface area (Å²) in [5.41, 5.74) is 3.44. The summed E-state index contributed by atoms with van der Waals surface area (Å²) in [7, 11) is 1.93. The van der Waals surface area contributed by atoms with E-state index in [1.54, 1.807) is 11.5 Å². The SMILES string of the molecule is CCCCC(Oc1cccc(N(C)c2nc(C)nc3ccccc23)c1)C(=O)NO. The second-order valence-corrected chi connectivity index (χ2v) is 6.89. The number of hydrogen-bond acceptors (Lipinski definition) is 6. The Morgan fingerprint density at radius 1 is 1.21 bits per heavy atom. The van der Waals surface area contributed by atoms with Gasteiger partial charge in [0.05, 0.1) is 5.52 Å². The molecule has 1 heterocycles. The second-order valence-electron chi connectivity index (χ2n) is 6.89. The molecular weight excluding hydrogens is 368 g/mol. The highest BCUT2D eigenvalue weighted by molar-refractivity contribution is 5.91. The largest absolute Gasteiger partial charge is 0.480 e. The number of rotatable bonds is 8. The van der Waals surface area contributed by atoms with Gasteiger partial charge in [-0.2, -0.15) is 0 Å². The second kappa shape index (κ2) is 9.34. The molecule has 7 heteroatoms. The summed E-state index contributed by atoms with van der Waals surface area (Å²) < 4.78 is 5.88. The zero-order valence-corrected chi connectivity index (χ0v) is 16.9. The molecule has 1 aromatic heterocycles.